The third kappa shape index (κ3) is 5.15. The fraction of sp³-hybridized carbons (Fsp3) is 0.455. The van der Waals surface area contributed by atoms with Crippen LogP contribution in [0.1, 0.15) is 43.0 Å². The molecule has 0 bridgehead atoms. The van der Waals surface area contributed by atoms with E-state index < -0.39 is 0 Å². The van der Waals surface area contributed by atoms with Crippen LogP contribution in [0.3, 0.4) is 0 Å². The number of amides is 1. The van der Waals surface area contributed by atoms with Gasteiger partial charge in [0, 0.05) is 31.0 Å². The molecule has 0 saturated carbocycles. The number of aromatic nitrogens is 4. The molecule has 31 heavy (non-hydrogen) atoms. The van der Waals surface area contributed by atoms with Crippen molar-refractivity contribution >= 4 is 34.5 Å². The van der Waals surface area contributed by atoms with Gasteiger partial charge in [-0.05, 0) is 49.9 Å². The quantitative estimate of drug-likeness (QED) is 0.421. The van der Waals surface area contributed by atoms with Gasteiger partial charge in [0.05, 0.1) is 18.1 Å². The summed E-state index contributed by atoms with van der Waals surface area (Å²) < 4.78 is 14.9. The fourth-order valence-corrected chi connectivity index (χ4v) is 4.36. The molecule has 0 radical (unpaired) electrons. The number of halogens is 1. The highest BCUT2D eigenvalue weighted by molar-refractivity contribution is 7.99. The van der Waals surface area contributed by atoms with Crippen molar-refractivity contribution in [3.63, 3.8) is 0 Å². The van der Waals surface area contributed by atoms with Gasteiger partial charge in [0.25, 0.3) is 5.91 Å². The molecule has 1 amide bonds. The van der Waals surface area contributed by atoms with Crippen molar-refractivity contribution in [1.82, 2.24) is 25.1 Å². The van der Waals surface area contributed by atoms with Crippen LogP contribution in [0, 0.1) is 5.82 Å². The van der Waals surface area contributed by atoms with Crippen molar-refractivity contribution in [2.45, 2.75) is 44.3 Å². The highest BCUT2D eigenvalue weighted by Crippen LogP contribution is 2.29. The number of piperidine rings is 1. The second-order valence-corrected chi connectivity index (χ2v) is 8.66. The van der Waals surface area contributed by atoms with E-state index in [0.717, 1.165) is 47.3 Å². The Bertz CT molecular complexity index is 1030. The van der Waals surface area contributed by atoms with Crippen molar-refractivity contribution in [3.05, 3.63) is 41.8 Å². The Kier molecular flexibility index (Phi) is 7.01. The van der Waals surface area contributed by atoms with Gasteiger partial charge in [-0.3, -0.25) is 4.79 Å². The van der Waals surface area contributed by atoms with Crippen LogP contribution in [0.2, 0.25) is 0 Å². The highest BCUT2D eigenvalue weighted by atomic mass is 32.2. The van der Waals surface area contributed by atoms with Gasteiger partial charge in [-0.25, -0.2) is 19.0 Å². The van der Waals surface area contributed by atoms with E-state index in [1.165, 1.54) is 43.5 Å². The zero-order chi connectivity index (χ0) is 21.6. The lowest BCUT2D eigenvalue weighted by atomic mass is 10.1. The van der Waals surface area contributed by atoms with Crippen LogP contribution in [0.5, 0.6) is 0 Å². The lowest BCUT2D eigenvalue weighted by molar-refractivity contribution is 0.0952. The predicted octanol–water partition coefficient (Wildman–Crippen LogP) is 3.89. The van der Waals surface area contributed by atoms with Gasteiger partial charge in [0.1, 0.15) is 11.6 Å². The minimum atomic E-state index is -0.361. The normalized spacial score (nSPS) is 14.2. The first kappa shape index (κ1) is 21.5. The third-order valence-corrected chi connectivity index (χ3v) is 6.32. The van der Waals surface area contributed by atoms with Crippen molar-refractivity contribution in [1.29, 1.82) is 0 Å². The summed E-state index contributed by atoms with van der Waals surface area (Å²) in [5.74, 6) is 1.33. The maximum absolute atomic E-state index is 13.1. The first-order valence-corrected chi connectivity index (χ1v) is 11.8. The molecule has 1 aliphatic heterocycles. The predicted molar refractivity (Wildman–Crippen MR) is 121 cm³/mol. The minimum absolute atomic E-state index is 0.237. The average molecular weight is 443 g/mol. The number of hydrogen-bond acceptors (Lipinski definition) is 6. The highest BCUT2D eigenvalue weighted by Gasteiger charge is 2.20. The third-order valence-electron chi connectivity index (χ3n) is 5.26. The Morgan fingerprint density at radius 1 is 1.16 bits per heavy atom. The second kappa shape index (κ2) is 10.1. The van der Waals surface area contributed by atoms with Crippen LogP contribution in [-0.4, -0.2) is 51.0 Å². The molecule has 4 rings (SSSR count). The van der Waals surface area contributed by atoms with E-state index >= 15 is 0 Å². The molecule has 1 fully saturated rings. The summed E-state index contributed by atoms with van der Waals surface area (Å²) in [7, 11) is 0. The van der Waals surface area contributed by atoms with E-state index in [0.29, 0.717) is 18.7 Å². The molecule has 3 heterocycles. The van der Waals surface area contributed by atoms with Crippen LogP contribution in [0.25, 0.3) is 11.0 Å². The number of thioether (sulfide) groups is 1. The smallest absolute Gasteiger partial charge is 0.251 e. The molecule has 7 nitrogen and oxygen atoms in total. The van der Waals surface area contributed by atoms with Gasteiger partial charge in [-0.1, -0.05) is 18.7 Å². The molecule has 2 aromatic heterocycles. The standard InChI is InChI=1S/C22H27FN6OS/c1-2-14-31-22-26-19(28-11-4-3-5-12-28)18-15-25-29(20(18)27-22)13-10-24-21(30)16-6-8-17(23)9-7-16/h6-9,15H,2-5,10-14H2,1H3,(H,24,30). The lowest BCUT2D eigenvalue weighted by Crippen LogP contribution is -2.30. The fourth-order valence-electron chi connectivity index (χ4n) is 3.67. The summed E-state index contributed by atoms with van der Waals surface area (Å²) in [5.41, 5.74) is 1.23. The van der Waals surface area contributed by atoms with Gasteiger partial charge in [0.2, 0.25) is 0 Å². The summed E-state index contributed by atoms with van der Waals surface area (Å²) in [6.07, 6.45) is 6.49. The maximum Gasteiger partial charge on any atom is 0.251 e. The summed E-state index contributed by atoms with van der Waals surface area (Å²) in [6.45, 7) is 5.04. The number of hydrogen-bond donors (Lipinski definition) is 1. The Balaban J connectivity index is 1.52. The molecular formula is C22H27FN6OS. The van der Waals surface area contributed by atoms with E-state index in [-0.39, 0.29) is 11.7 Å². The molecule has 164 valence electrons. The number of carbonyl (C=O) groups excluding carboxylic acids is 1. The van der Waals surface area contributed by atoms with Crippen LogP contribution < -0.4 is 10.2 Å². The van der Waals surface area contributed by atoms with E-state index in [1.54, 1.807) is 11.8 Å². The monoisotopic (exact) mass is 442 g/mol. The first-order valence-electron chi connectivity index (χ1n) is 10.8. The zero-order valence-corrected chi connectivity index (χ0v) is 18.5. The van der Waals surface area contributed by atoms with Crippen LogP contribution in [0.4, 0.5) is 10.2 Å². The molecule has 0 spiro atoms. The van der Waals surface area contributed by atoms with Gasteiger partial charge >= 0.3 is 0 Å². The Morgan fingerprint density at radius 3 is 2.68 bits per heavy atom. The largest absolute Gasteiger partial charge is 0.356 e. The maximum atomic E-state index is 13.1. The van der Waals surface area contributed by atoms with Crippen molar-refractivity contribution in [2.24, 2.45) is 0 Å². The Morgan fingerprint density at radius 2 is 1.94 bits per heavy atom. The van der Waals surface area contributed by atoms with Gasteiger partial charge in [0.15, 0.2) is 10.8 Å². The molecule has 0 atom stereocenters. The minimum Gasteiger partial charge on any atom is -0.356 e. The summed E-state index contributed by atoms with van der Waals surface area (Å²) in [5, 5.41) is 9.12. The summed E-state index contributed by atoms with van der Waals surface area (Å²) in [6, 6.07) is 5.52. The Hall–Kier alpha value is -2.68. The Labute approximate surface area is 185 Å². The molecule has 9 heteroatoms. The topological polar surface area (TPSA) is 75.9 Å². The molecule has 1 aliphatic rings. The van der Waals surface area contributed by atoms with Crippen molar-refractivity contribution in [3.8, 4) is 0 Å². The molecule has 0 aliphatic carbocycles. The van der Waals surface area contributed by atoms with Crippen molar-refractivity contribution in [2.75, 3.05) is 30.3 Å². The zero-order valence-electron chi connectivity index (χ0n) is 17.7. The van der Waals surface area contributed by atoms with Gasteiger partial charge in [-0.2, -0.15) is 5.10 Å². The number of fused-ring (bicyclic) bond motifs is 1. The number of carbonyl (C=O) groups is 1. The molecule has 1 N–H and O–H groups in total. The van der Waals surface area contributed by atoms with Crippen molar-refractivity contribution < 1.29 is 9.18 Å². The molecule has 3 aromatic rings. The van der Waals surface area contributed by atoms with Crippen LogP contribution >= 0.6 is 11.8 Å². The average Bonchev–Trinajstić information content (AvgIpc) is 3.21. The van der Waals surface area contributed by atoms with Gasteiger partial charge in [-0.15, -0.1) is 0 Å². The number of nitrogens with zero attached hydrogens (tertiary/aromatic N) is 5. The number of benzene rings is 1. The van der Waals surface area contributed by atoms with E-state index in [2.05, 4.69) is 22.2 Å². The lowest BCUT2D eigenvalue weighted by Gasteiger charge is -2.28. The second-order valence-electron chi connectivity index (χ2n) is 7.59. The number of rotatable bonds is 8. The SMILES string of the molecule is CCCSc1nc(N2CCCCC2)c2cnn(CCNC(=O)c3ccc(F)cc3)c2n1. The van der Waals surface area contributed by atoms with E-state index in [9.17, 15) is 9.18 Å². The van der Waals surface area contributed by atoms with Gasteiger partial charge < -0.3 is 10.2 Å². The van der Waals surface area contributed by atoms with Crippen LogP contribution in [0.15, 0.2) is 35.6 Å². The first-order chi connectivity index (χ1) is 15.2. The number of nitrogens with one attached hydrogen (secondary N) is 1. The van der Waals surface area contributed by atoms with E-state index in [1.807, 2.05) is 10.9 Å². The summed E-state index contributed by atoms with van der Waals surface area (Å²) in [4.78, 5) is 24.2. The molecule has 1 saturated heterocycles. The molecule has 0 unspecified atom stereocenters. The molecule has 1 aromatic carbocycles. The van der Waals surface area contributed by atoms with E-state index in [4.69, 9.17) is 9.97 Å². The summed E-state index contributed by atoms with van der Waals surface area (Å²) >= 11 is 1.66. The number of anilines is 1. The molecular weight excluding hydrogens is 415 g/mol. The van der Waals surface area contributed by atoms with Crippen LogP contribution in [-0.2, 0) is 6.54 Å².